The van der Waals surface area contributed by atoms with E-state index in [1.54, 1.807) is 24.5 Å². The zero-order valence-electron chi connectivity index (χ0n) is 21.5. The predicted molar refractivity (Wildman–Crippen MR) is 149 cm³/mol. The maximum atomic E-state index is 13.2. The first kappa shape index (κ1) is 24.9. The van der Waals surface area contributed by atoms with E-state index in [1.807, 2.05) is 74.3 Å². The Balaban J connectivity index is 1.33. The van der Waals surface area contributed by atoms with Crippen LogP contribution in [0, 0.1) is 12.8 Å². The Morgan fingerprint density at radius 3 is 2.55 bits per heavy atom. The molecule has 1 aromatic heterocycles. The van der Waals surface area contributed by atoms with Crippen molar-refractivity contribution in [1.82, 2.24) is 15.3 Å². The van der Waals surface area contributed by atoms with Gasteiger partial charge in [0.2, 0.25) is 5.91 Å². The lowest BCUT2D eigenvalue weighted by Crippen LogP contribution is -2.35. The molecule has 3 aromatic rings. The number of nitrogens with zero attached hydrogens (tertiary/aromatic N) is 4. The van der Waals surface area contributed by atoms with E-state index in [4.69, 9.17) is 0 Å². The predicted octanol–water partition coefficient (Wildman–Crippen LogP) is 4.49. The summed E-state index contributed by atoms with van der Waals surface area (Å²) in [6.07, 6.45) is 4.65. The topological polar surface area (TPSA) is 111 Å². The van der Waals surface area contributed by atoms with E-state index in [1.165, 1.54) is 6.34 Å². The molecule has 0 saturated heterocycles. The fourth-order valence-corrected chi connectivity index (χ4v) is 4.57. The highest BCUT2D eigenvalue weighted by Crippen LogP contribution is 2.32. The van der Waals surface area contributed by atoms with Gasteiger partial charge in [-0.1, -0.05) is 36.4 Å². The van der Waals surface area contributed by atoms with Crippen LogP contribution in [0.15, 0.2) is 94.4 Å². The van der Waals surface area contributed by atoms with Gasteiger partial charge < -0.3 is 16.0 Å². The number of aliphatic imine (C=N–C) groups is 1. The molecule has 192 valence electrons. The fraction of sp³-hybridized carbons (Fsp3) is 0.207. The Labute approximate surface area is 221 Å². The lowest BCUT2D eigenvalue weighted by Gasteiger charge is -2.23. The molecule has 3 N–H and O–H groups in total. The highest BCUT2D eigenvalue weighted by atomic mass is 16.2. The minimum absolute atomic E-state index is 0.0488. The number of amidine groups is 1. The van der Waals surface area contributed by atoms with E-state index < -0.39 is 0 Å². The van der Waals surface area contributed by atoms with Crippen molar-refractivity contribution in [2.24, 2.45) is 16.0 Å². The molecule has 0 fully saturated rings. The number of rotatable bonds is 6. The van der Waals surface area contributed by atoms with Gasteiger partial charge in [-0.05, 0) is 61.7 Å². The maximum Gasteiger partial charge on any atom is 0.255 e. The number of fused-ring (bicyclic) bond motifs is 1. The van der Waals surface area contributed by atoms with Crippen LogP contribution in [0.3, 0.4) is 0 Å². The molecule has 0 saturated carbocycles. The molecule has 5 rings (SSSR count). The smallest absolute Gasteiger partial charge is 0.255 e. The van der Waals surface area contributed by atoms with Crippen molar-refractivity contribution in [1.29, 1.82) is 0 Å². The molecule has 0 aliphatic carbocycles. The number of hydrogen-bond donors (Lipinski definition) is 3. The molecule has 0 spiro atoms. The minimum atomic E-state index is -0.356. The highest BCUT2D eigenvalue weighted by molar-refractivity contribution is 6.13. The molecule has 0 radical (unpaired) electrons. The quantitative estimate of drug-likeness (QED) is 0.455. The van der Waals surface area contributed by atoms with E-state index in [0.29, 0.717) is 23.6 Å². The van der Waals surface area contributed by atoms with Gasteiger partial charge in [0.25, 0.3) is 5.91 Å². The fourth-order valence-electron chi connectivity index (χ4n) is 4.57. The van der Waals surface area contributed by atoms with Crippen LogP contribution < -0.4 is 16.0 Å². The number of hydrazone groups is 1. The second-order valence-corrected chi connectivity index (χ2v) is 9.36. The Bertz CT molecular complexity index is 1450. The molecule has 2 amide bonds. The summed E-state index contributed by atoms with van der Waals surface area (Å²) in [6.45, 7) is 6.34. The molecule has 9 heteroatoms. The van der Waals surface area contributed by atoms with Crippen molar-refractivity contribution in [3.8, 4) is 0 Å². The van der Waals surface area contributed by atoms with Crippen molar-refractivity contribution >= 4 is 35.4 Å². The standard InChI is InChI=1S/C29H29N7O2/c1-18-9-10-23(34-28(37)22-11-13-30-14-12-22)15-25(18)35-27-26-19(2)24(16-36(26)32-17-31-27)29(38)33-20(3)21-7-5-4-6-8-21/h4-15,17,20,24H,16H2,1-3H3,(H,33,38)(H,34,37)(H,31,32,35)/t20-,24?/m0/s1. The largest absolute Gasteiger partial charge is 0.349 e. The summed E-state index contributed by atoms with van der Waals surface area (Å²) in [7, 11) is 0. The van der Waals surface area contributed by atoms with E-state index in [2.05, 4.69) is 31.0 Å². The van der Waals surface area contributed by atoms with Gasteiger partial charge in [0, 0.05) is 29.3 Å². The van der Waals surface area contributed by atoms with Gasteiger partial charge in [-0.15, -0.1) is 0 Å². The van der Waals surface area contributed by atoms with Crippen LogP contribution in [-0.2, 0) is 4.79 Å². The van der Waals surface area contributed by atoms with Crippen LogP contribution in [0.4, 0.5) is 11.4 Å². The van der Waals surface area contributed by atoms with Crippen LogP contribution in [-0.4, -0.2) is 40.5 Å². The summed E-state index contributed by atoms with van der Waals surface area (Å²) in [5.74, 6) is -0.0223. The van der Waals surface area contributed by atoms with Crippen LogP contribution >= 0.6 is 0 Å². The number of hydrogen-bond acceptors (Lipinski definition) is 7. The van der Waals surface area contributed by atoms with Crippen LogP contribution in [0.25, 0.3) is 0 Å². The Morgan fingerprint density at radius 2 is 1.79 bits per heavy atom. The lowest BCUT2D eigenvalue weighted by molar-refractivity contribution is -0.124. The molecule has 2 aromatic carbocycles. The SMILES string of the molecule is CC1=C2C(Nc3cc(NC(=O)c4ccncc4)ccc3C)=NC=NN2CC1C(=O)N[C@@H](C)c1ccccc1. The number of benzene rings is 2. The van der Waals surface area contributed by atoms with Crippen LogP contribution in [0.5, 0.6) is 0 Å². The average Bonchev–Trinajstić information content (AvgIpc) is 3.28. The monoisotopic (exact) mass is 507 g/mol. The van der Waals surface area contributed by atoms with Crippen molar-refractivity contribution in [3.05, 3.63) is 101 Å². The van der Waals surface area contributed by atoms with Crippen molar-refractivity contribution < 1.29 is 9.59 Å². The number of aromatic nitrogens is 1. The van der Waals surface area contributed by atoms with Crippen LogP contribution in [0.1, 0.15) is 41.4 Å². The van der Waals surface area contributed by atoms with Gasteiger partial charge in [0.05, 0.1) is 18.5 Å². The van der Waals surface area contributed by atoms with Gasteiger partial charge in [0.1, 0.15) is 12.0 Å². The van der Waals surface area contributed by atoms with Crippen molar-refractivity contribution in [2.45, 2.75) is 26.8 Å². The van der Waals surface area contributed by atoms with Gasteiger partial charge in [-0.25, -0.2) is 4.99 Å². The number of amides is 2. The Morgan fingerprint density at radius 1 is 1.03 bits per heavy atom. The number of carbonyl (C=O) groups excluding carboxylic acids is 2. The third-order valence-electron chi connectivity index (χ3n) is 6.78. The first-order chi connectivity index (χ1) is 18.4. The molecule has 2 aliphatic rings. The highest BCUT2D eigenvalue weighted by Gasteiger charge is 2.37. The van der Waals surface area contributed by atoms with E-state index in [-0.39, 0.29) is 23.8 Å². The third kappa shape index (κ3) is 5.17. The maximum absolute atomic E-state index is 13.2. The summed E-state index contributed by atoms with van der Waals surface area (Å²) in [6, 6.07) is 18.8. The Hall–Kier alpha value is -4.79. The van der Waals surface area contributed by atoms with Gasteiger partial charge in [0.15, 0.2) is 5.84 Å². The number of aryl methyl sites for hydroxylation is 1. The average molecular weight is 508 g/mol. The summed E-state index contributed by atoms with van der Waals surface area (Å²) in [5, 5.41) is 15.7. The zero-order chi connectivity index (χ0) is 26.6. The first-order valence-corrected chi connectivity index (χ1v) is 12.4. The number of carbonyl (C=O) groups is 2. The van der Waals surface area contributed by atoms with Gasteiger partial charge in [-0.2, -0.15) is 5.10 Å². The summed E-state index contributed by atoms with van der Waals surface area (Å²) in [5.41, 5.74) is 5.66. The molecule has 2 atom stereocenters. The molecular weight excluding hydrogens is 478 g/mol. The van der Waals surface area contributed by atoms with E-state index >= 15 is 0 Å². The first-order valence-electron chi connectivity index (χ1n) is 12.4. The number of anilines is 2. The van der Waals surface area contributed by atoms with Gasteiger partial charge in [-0.3, -0.25) is 19.6 Å². The third-order valence-corrected chi connectivity index (χ3v) is 6.78. The molecule has 2 aliphatic heterocycles. The molecule has 38 heavy (non-hydrogen) atoms. The van der Waals surface area contributed by atoms with Crippen LogP contribution in [0.2, 0.25) is 0 Å². The molecule has 3 heterocycles. The second-order valence-electron chi connectivity index (χ2n) is 9.36. The minimum Gasteiger partial charge on any atom is -0.349 e. The number of pyridine rings is 1. The van der Waals surface area contributed by atoms with Crippen molar-refractivity contribution in [3.63, 3.8) is 0 Å². The lowest BCUT2D eigenvalue weighted by atomic mass is 10.00. The van der Waals surface area contributed by atoms with Gasteiger partial charge >= 0.3 is 0 Å². The molecule has 9 nitrogen and oxygen atoms in total. The summed E-state index contributed by atoms with van der Waals surface area (Å²) < 4.78 is 0. The molecule has 1 unspecified atom stereocenters. The second kappa shape index (κ2) is 10.7. The van der Waals surface area contributed by atoms with E-state index in [9.17, 15) is 9.59 Å². The summed E-state index contributed by atoms with van der Waals surface area (Å²) in [4.78, 5) is 34.3. The number of nitrogens with one attached hydrogen (secondary N) is 3. The van der Waals surface area contributed by atoms with Crippen molar-refractivity contribution in [2.75, 3.05) is 17.2 Å². The molecule has 0 bridgehead atoms. The molecular formula is C29H29N7O2. The van der Waals surface area contributed by atoms with E-state index in [0.717, 1.165) is 28.1 Å². The zero-order valence-corrected chi connectivity index (χ0v) is 21.5. The Kier molecular flexibility index (Phi) is 6.99. The normalized spacial score (nSPS) is 17.0. The summed E-state index contributed by atoms with van der Waals surface area (Å²) >= 11 is 0.